The SMILES string of the molecule is Cc1nc(N(C)CCS(C)(=O)=O)sc1CNCC(C)C. The lowest BCUT2D eigenvalue weighted by Gasteiger charge is -2.14. The largest absolute Gasteiger partial charge is 0.350 e. The maximum absolute atomic E-state index is 11.2. The van der Waals surface area contributed by atoms with Crippen LogP contribution in [0.25, 0.3) is 0 Å². The second-order valence-electron chi connectivity index (χ2n) is 5.58. The summed E-state index contributed by atoms with van der Waals surface area (Å²) in [6, 6.07) is 0. The Morgan fingerprint density at radius 2 is 2.05 bits per heavy atom. The number of hydrogen-bond acceptors (Lipinski definition) is 6. The van der Waals surface area contributed by atoms with Gasteiger partial charge in [0.1, 0.15) is 9.84 Å². The molecule has 0 saturated heterocycles. The minimum Gasteiger partial charge on any atom is -0.350 e. The van der Waals surface area contributed by atoms with E-state index in [-0.39, 0.29) is 5.75 Å². The van der Waals surface area contributed by atoms with Crippen LogP contribution in [0.3, 0.4) is 0 Å². The molecule has 0 saturated carbocycles. The zero-order chi connectivity index (χ0) is 15.3. The summed E-state index contributed by atoms with van der Waals surface area (Å²) in [5.41, 5.74) is 1.02. The van der Waals surface area contributed by atoms with E-state index in [0.29, 0.717) is 12.5 Å². The first-order valence-electron chi connectivity index (χ1n) is 6.75. The Kier molecular flexibility index (Phi) is 6.42. The molecule has 0 bridgehead atoms. The van der Waals surface area contributed by atoms with E-state index in [4.69, 9.17) is 0 Å². The van der Waals surface area contributed by atoms with Gasteiger partial charge in [0, 0.05) is 31.3 Å². The van der Waals surface area contributed by atoms with Gasteiger partial charge in [-0.15, -0.1) is 11.3 Å². The van der Waals surface area contributed by atoms with Gasteiger partial charge in [0.2, 0.25) is 0 Å². The molecule has 0 aliphatic rings. The molecule has 1 N–H and O–H groups in total. The van der Waals surface area contributed by atoms with Crippen LogP contribution in [-0.4, -0.2) is 45.5 Å². The third-order valence-corrected chi connectivity index (χ3v) is 5.04. The molecule has 0 aliphatic carbocycles. The van der Waals surface area contributed by atoms with Crippen LogP contribution in [0.15, 0.2) is 0 Å². The van der Waals surface area contributed by atoms with Crippen molar-refractivity contribution >= 4 is 26.3 Å². The number of sulfone groups is 1. The molecule has 0 spiro atoms. The highest BCUT2D eigenvalue weighted by Crippen LogP contribution is 2.25. The van der Waals surface area contributed by atoms with Crippen molar-refractivity contribution in [1.82, 2.24) is 10.3 Å². The average Bonchev–Trinajstić information content (AvgIpc) is 2.67. The predicted molar refractivity (Wildman–Crippen MR) is 86.4 cm³/mol. The third-order valence-electron chi connectivity index (χ3n) is 2.84. The number of thiazole rings is 1. The zero-order valence-electron chi connectivity index (χ0n) is 12.9. The molecule has 0 atom stereocenters. The molecule has 0 aromatic carbocycles. The number of anilines is 1. The predicted octanol–water partition coefficient (Wildman–Crippen LogP) is 1.68. The molecule has 1 rings (SSSR count). The minimum atomic E-state index is -2.93. The lowest BCUT2D eigenvalue weighted by Crippen LogP contribution is -2.24. The van der Waals surface area contributed by atoms with E-state index in [2.05, 4.69) is 24.1 Å². The van der Waals surface area contributed by atoms with Crippen molar-refractivity contribution in [2.75, 3.05) is 37.0 Å². The minimum absolute atomic E-state index is 0.156. The fraction of sp³-hybridized carbons (Fsp3) is 0.769. The Morgan fingerprint density at radius 3 is 2.60 bits per heavy atom. The first kappa shape index (κ1) is 17.4. The summed E-state index contributed by atoms with van der Waals surface area (Å²) in [6.45, 7) is 8.63. The first-order chi connectivity index (χ1) is 9.19. The van der Waals surface area contributed by atoms with Crippen LogP contribution in [0.5, 0.6) is 0 Å². The number of rotatable bonds is 8. The van der Waals surface area contributed by atoms with E-state index in [0.717, 1.165) is 23.9 Å². The van der Waals surface area contributed by atoms with Gasteiger partial charge < -0.3 is 10.2 Å². The van der Waals surface area contributed by atoms with Crippen LogP contribution in [0.4, 0.5) is 5.13 Å². The Morgan fingerprint density at radius 1 is 1.40 bits per heavy atom. The molecule has 0 radical (unpaired) electrons. The van der Waals surface area contributed by atoms with Gasteiger partial charge in [0.25, 0.3) is 0 Å². The van der Waals surface area contributed by atoms with Gasteiger partial charge in [-0.05, 0) is 19.4 Å². The van der Waals surface area contributed by atoms with Crippen LogP contribution >= 0.6 is 11.3 Å². The zero-order valence-corrected chi connectivity index (χ0v) is 14.6. The molecular formula is C13H25N3O2S2. The Labute approximate surface area is 126 Å². The van der Waals surface area contributed by atoms with Crippen molar-refractivity contribution in [3.63, 3.8) is 0 Å². The Bertz CT molecular complexity index is 524. The standard InChI is InChI=1S/C13H25N3O2S2/c1-10(2)8-14-9-12-11(3)15-13(19-12)16(4)6-7-20(5,17)18/h10,14H,6-9H2,1-5H3. The van der Waals surface area contributed by atoms with E-state index in [1.807, 2.05) is 18.9 Å². The molecule has 1 heterocycles. The topological polar surface area (TPSA) is 62.3 Å². The van der Waals surface area contributed by atoms with Crippen molar-refractivity contribution in [3.05, 3.63) is 10.6 Å². The van der Waals surface area contributed by atoms with E-state index in [1.165, 1.54) is 11.1 Å². The van der Waals surface area contributed by atoms with Crippen LogP contribution in [0.2, 0.25) is 0 Å². The Balaban J connectivity index is 2.59. The fourth-order valence-corrected chi connectivity index (χ4v) is 3.24. The monoisotopic (exact) mass is 319 g/mol. The van der Waals surface area contributed by atoms with Crippen molar-refractivity contribution in [3.8, 4) is 0 Å². The van der Waals surface area contributed by atoms with Crippen molar-refractivity contribution in [1.29, 1.82) is 0 Å². The average molecular weight is 319 g/mol. The van der Waals surface area contributed by atoms with Gasteiger partial charge in [0.15, 0.2) is 5.13 Å². The third kappa shape index (κ3) is 6.19. The van der Waals surface area contributed by atoms with Gasteiger partial charge in [-0.3, -0.25) is 0 Å². The number of nitrogens with zero attached hydrogens (tertiary/aromatic N) is 2. The lowest BCUT2D eigenvalue weighted by molar-refractivity contribution is 0.554. The quantitative estimate of drug-likeness (QED) is 0.790. The highest BCUT2D eigenvalue weighted by Gasteiger charge is 2.13. The van der Waals surface area contributed by atoms with Gasteiger partial charge in [-0.1, -0.05) is 13.8 Å². The van der Waals surface area contributed by atoms with Crippen molar-refractivity contribution in [2.45, 2.75) is 27.3 Å². The highest BCUT2D eigenvalue weighted by molar-refractivity contribution is 7.90. The molecule has 116 valence electrons. The number of nitrogens with one attached hydrogen (secondary N) is 1. The summed E-state index contributed by atoms with van der Waals surface area (Å²) >= 11 is 1.63. The molecule has 1 aromatic rings. The van der Waals surface area contributed by atoms with E-state index in [9.17, 15) is 8.42 Å². The smallest absolute Gasteiger partial charge is 0.185 e. The molecule has 1 aromatic heterocycles. The van der Waals surface area contributed by atoms with Gasteiger partial charge >= 0.3 is 0 Å². The van der Waals surface area contributed by atoms with Crippen LogP contribution in [0, 0.1) is 12.8 Å². The van der Waals surface area contributed by atoms with Gasteiger partial charge in [0.05, 0.1) is 11.4 Å². The molecule has 20 heavy (non-hydrogen) atoms. The first-order valence-corrected chi connectivity index (χ1v) is 9.62. The molecule has 0 aliphatic heterocycles. The molecular weight excluding hydrogens is 294 g/mol. The van der Waals surface area contributed by atoms with E-state index in [1.54, 1.807) is 11.3 Å². The maximum atomic E-state index is 11.2. The van der Waals surface area contributed by atoms with Crippen molar-refractivity contribution in [2.24, 2.45) is 5.92 Å². The maximum Gasteiger partial charge on any atom is 0.185 e. The van der Waals surface area contributed by atoms with Crippen LogP contribution in [0.1, 0.15) is 24.4 Å². The summed E-state index contributed by atoms with van der Waals surface area (Å²) in [6.07, 6.45) is 1.26. The van der Waals surface area contributed by atoms with Gasteiger partial charge in [-0.2, -0.15) is 0 Å². The molecule has 0 fully saturated rings. The number of aromatic nitrogens is 1. The second-order valence-corrected chi connectivity index (χ2v) is 8.90. The summed E-state index contributed by atoms with van der Waals surface area (Å²) in [7, 11) is -1.05. The summed E-state index contributed by atoms with van der Waals surface area (Å²) in [5, 5.41) is 4.29. The Hall–Kier alpha value is -0.660. The van der Waals surface area contributed by atoms with E-state index < -0.39 is 9.84 Å². The lowest BCUT2D eigenvalue weighted by atomic mass is 10.2. The van der Waals surface area contributed by atoms with Gasteiger partial charge in [-0.25, -0.2) is 13.4 Å². The summed E-state index contributed by atoms with van der Waals surface area (Å²) < 4.78 is 22.4. The number of hydrogen-bond donors (Lipinski definition) is 1. The van der Waals surface area contributed by atoms with Crippen molar-refractivity contribution < 1.29 is 8.42 Å². The molecule has 0 unspecified atom stereocenters. The van der Waals surface area contributed by atoms with Crippen LogP contribution < -0.4 is 10.2 Å². The van der Waals surface area contributed by atoms with E-state index >= 15 is 0 Å². The summed E-state index contributed by atoms with van der Waals surface area (Å²) in [5.74, 6) is 0.781. The highest BCUT2D eigenvalue weighted by atomic mass is 32.2. The number of aryl methyl sites for hydroxylation is 1. The molecule has 7 heteroatoms. The molecule has 0 amide bonds. The fourth-order valence-electron chi connectivity index (χ4n) is 1.61. The van der Waals surface area contributed by atoms with Crippen LogP contribution in [-0.2, 0) is 16.4 Å². The normalized spacial score (nSPS) is 12.1. The molecule has 5 nitrogen and oxygen atoms in total. The second kappa shape index (κ2) is 7.38. The summed E-state index contributed by atoms with van der Waals surface area (Å²) in [4.78, 5) is 7.64.